The highest BCUT2D eigenvalue weighted by Crippen LogP contribution is 2.13. The van der Waals surface area contributed by atoms with Gasteiger partial charge in [-0.15, -0.1) is 0 Å². The zero-order chi connectivity index (χ0) is 11.8. The van der Waals surface area contributed by atoms with Gasteiger partial charge in [-0.3, -0.25) is 0 Å². The molecule has 0 spiro atoms. The van der Waals surface area contributed by atoms with Crippen LogP contribution in [0.15, 0.2) is 24.3 Å². The Hall–Kier alpha value is -1.06. The van der Waals surface area contributed by atoms with Crippen molar-refractivity contribution >= 4 is 5.69 Å². The van der Waals surface area contributed by atoms with E-state index in [1.807, 2.05) is 0 Å². The molecule has 0 atom stereocenters. The molecule has 1 aromatic carbocycles. The molecule has 0 fully saturated rings. The van der Waals surface area contributed by atoms with Crippen LogP contribution in [-0.4, -0.2) is 33.9 Å². The lowest BCUT2D eigenvalue weighted by molar-refractivity contribution is 0.206. The maximum atomic E-state index is 5.06. The Labute approximate surface area is 98.4 Å². The van der Waals surface area contributed by atoms with Gasteiger partial charge in [0.25, 0.3) is 0 Å². The molecule has 0 aliphatic rings. The number of hydrogen-bond donors (Lipinski definition) is 1. The standard InChI is InChI=1S/C13H22N2O/c1-4-14-11-12-5-7-13(8-6-12)15(2)9-10-16-3/h5-8,14H,4,9-11H2,1-3H3. The van der Waals surface area contributed by atoms with Gasteiger partial charge in [0.1, 0.15) is 0 Å². The van der Waals surface area contributed by atoms with Crippen molar-refractivity contribution in [3.05, 3.63) is 29.8 Å². The average molecular weight is 222 g/mol. The molecule has 16 heavy (non-hydrogen) atoms. The molecule has 0 aliphatic heterocycles. The fraction of sp³-hybridized carbons (Fsp3) is 0.538. The molecule has 3 heteroatoms. The van der Waals surface area contributed by atoms with Crippen molar-refractivity contribution in [3.63, 3.8) is 0 Å². The number of methoxy groups -OCH3 is 1. The normalized spacial score (nSPS) is 10.4. The summed E-state index contributed by atoms with van der Waals surface area (Å²) in [6.07, 6.45) is 0. The van der Waals surface area contributed by atoms with Crippen molar-refractivity contribution in [1.29, 1.82) is 0 Å². The lowest BCUT2D eigenvalue weighted by atomic mass is 10.2. The van der Waals surface area contributed by atoms with Crippen molar-refractivity contribution in [2.45, 2.75) is 13.5 Å². The summed E-state index contributed by atoms with van der Waals surface area (Å²) in [6, 6.07) is 8.65. The first kappa shape index (κ1) is 13.0. The fourth-order valence-corrected chi connectivity index (χ4v) is 1.49. The first-order valence-electron chi connectivity index (χ1n) is 5.77. The van der Waals surface area contributed by atoms with E-state index < -0.39 is 0 Å². The zero-order valence-electron chi connectivity index (χ0n) is 10.5. The molecular formula is C13H22N2O. The minimum absolute atomic E-state index is 0.760. The van der Waals surface area contributed by atoms with Crippen molar-refractivity contribution in [2.75, 3.05) is 38.8 Å². The number of hydrogen-bond acceptors (Lipinski definition) is 3. The summed E-state index contributed by atoms with van der Waals surface area (Å²) in [5, 5.41) is 3.31. The van der Waals surface area contributed by atoms with E-state index in [0.29, 0.717) is 0 Å². The molecule has 1 rings (SSSR count). The molecule has 0 bridgehead atoms. The number of nitrogens with one attached hydrogen (secondary N) is 1. The number of likely N-dealkylation sites (N-methyl/N-ethyl adjacent to an activating group) is 1. The van der Waals surface area contributed by atoms with Crippen LogP contribution in [-0.2, 0) is 11.3 Å². The van der Waals surface area contributed by atoms with Gasteiger partial charge >= 0.3 is 0 Å². The first-order chi connectivity index (χ1) is 7.77. The van der Waals surface area contributed by atoms with Crippen LogP contribution in [0.1, 0.15) is 12.5 Å². The summed E-state index contributed by atoms with van der Waals surface area (Å²) >= 11 is 0. The number of rotatable bonds is 7. The van der Waals surface area contributed by atoms with Gasteiger partial charge in [0.05, 0.1) is 6.61 Å². The van der Waals surface area contributed by atoms with E-state index in [1.54, 1.807) is 7.11 Å². The van der Waals surface area contributed by atoms with Crippen LogP contribution in [0.4, 0.5) is 5.69 Å². The molecule has 0 saturated heterocycles. The summed E-state index contributed by atoms with van der Waals surface area (Å²) < 4.78 is 5.06. The van der Waals surface area contributed by atoms with E-state index in [1.165, 1.54) is 11.3 Å². The van der Waals surface area contributed by atoms with Gasteiger partial charge < -0.3 is 15.0 Å². The third-order valence-electron chi connectivity index (χ3n) is 2.59. The van der Waals surface area contributed by atoms with Crippen molar-refractivity contribution in [3.8, 4) is 0 Å². The van der Waals surface area contributed by atoms with Crippen LogP contribution in [0.2, 0.25) is 0 Å². The molecule has 0 aliphatic carbocycles. The molecule has 1 N–H and O–H groups in total. The minimum atomic E-state index is 0.760. The highest BCUT2D eigenvalue weighted by atomic mass is 16.5. The Morgan fingerprint density at radius 1 is 1.25 bits per heavy atom. The molecule has 0 amide bonds. The number of benzene rings is 1. The second-order valence-electron chi connectivity index (χ2n) is 3.86. The van der Waals surface area contributed by atoms with Gasteiger partial charge in [-0.25, -0.2) is 0 Å². The largest absolute Gasteiger partial charge is 0.383 e. The SMILES string of the molecule is CCNCc1ccc(N(C)CCOC)cc1. The predicted octanol–water partition coefficient (Wildman–Crippen LogP) is 1.88. The number of nitrogens with zero attached hydrogens (tertiary/aromatic N) is 1. The Morgan fingerprint density at radius 3 is 2.50 bits per heavy atom. The summed E-state index contributed by atoms with van der Waals surface area (Å²) in [7, 11) is 3.81. The molecule has 0 heterocycles. The average Bonchev–Trinajstić information content (AvgIpc) is 2.34. The molecule has 3 nitrogen and oxygen atoms in total. The van der Waals surface area contributed by atoms with Crippen molar-refractivity contribution in [2.24, 2.45) is 0 Å². The maximum absolute atomic E-state index is 5.06. The summed E-state index contributed by atoms with van der Waals surface area (Å²) in [4.78, 5) is 2.19. The van der Waals surface area contributed by atoms with Gasteiger partial charge in [-0.1, -0.05) is 19.1 Å². The second-order valence-corrected chi connectivity index (χ2v) is 3.86. The lowest BCUT2D eigenvalue weighted by Gasteiger charge is -2.19. The van der Waals surface area contributed by atoms with Crippen molar-refractivity contribution < 1.29 is 4.74 Å². The van der Waals surface area contributed by atoms with Gasteiger partial charge in [0.15, 0.2) is 0 Å². The van der Waals surface area contributed by atoms with E-state index >= 15 is 0 Å². The first-order valence-corrected chi connectivity index (χ1v) is 5.77. The molecule has 0 aromatic heterocycles. The Bertz CT molecular complexity index is 284. The van der Waals surface area contributed by atoms with E-state index in [4.69, 9.17) is 4.74 Å². The van der Waals surface area contributed by atoms with E-state index in [0.717, 1.165) is 26.2 Å². The van der Waals surface area contributed by atoms with Crippen LogP contribution in [0.25, 0.3) is 0 Å². The third-order valence-corrected chi connectivity index (χ3v) is 2.59. The summed E-state index contributed by atoms with van der Waals surface area (Å²) in [5.41, 5.74) is 2.56. The minimum Gasteiger partial charge on any atom is -0.383 e. The summed E-state index contributed by atoms with van der Waals surface area (Å²) in [5.74, 6) is 0. The number of anilines is 1. The zero-order valence-corrected chi connectivity index (χ0v) is 10.5. The van der Waals surface area contributed by atoms with E-state index in [-0.39, 0.29) is 0 Å². The third kappa shape index (κ3) is 4.21. The summed E-state index contributed by atoms with van der Waals surface area (Å²) in [6.45, 7) is 5.75. The van der Waals surface area contributed by atoms with Crippen LogP contribution in [0, 0.1) is 0 Å². The van der Waals surface area contributed by atoms with Crippen LogP contribution in [0.3, 0.4) is 0 Å². The highest BCUT2D eigenvalue weighted by Gasteiger charge is 2.00. The number of ether oxygens (including phenoxy) is 1. The quantitative estimate of drug-likeness (QED) is 0.762. The van der Waals surface area contributed by atoms with E-state index in [9.17, 15) is 0 Å². The second kappa shape index (κ2) is 7.25. The Morgan fingerprint density at radius 2 is 1.94 bits per heavy atom. The molecular weight excluding hydrogens is 200 g/mol. The van der Waals surface area contributed by atoms with Crippen molar-refractivity contribution in [1.82, 2.24) is 5.32 Å². The van der Waals surface area contributed by atoms with E-state index in [2.05, 4.69) is 48.5 Å². The lowest BCUT2D eigenvalue weighted by Crippen LogP contribution is -2.22. The Balaban J connectivity index is 2.49. The molecule has 1 aromatic rings. The topological polar surface area (TPSA) is 24.5 Å². The van der Waals surface area contributed by atoms with Crippen LogP contribution in [0.5, 0.6) is 0 Å². The monoisotopic (exact) mass is 222 g/mol. The predicted molar refractivity (Wildman–Crippen MR) is 69.0 cm³/mol. The van der Waals surface area contributed by atoms with Crippen LogP contribution < -0.4 is 10.2 Å². The Kier molecular flexibility index (Phi) is 5.90. The van der Waals surface area contributed by atoms with Gasteiger partial charge in [-0.05, 0) is 24.2 Å². The molecule has 90 valence electrons. The molecule has 0 saturated carbocycles. The van der Waals surface area contributed by atoms with Crippen LogP contribution >= 0.6 is 0 Å². The van der Waals surface area contributed by atoms with Gasteiger partial charge in [-0.2, -0.15) is 0 Å². The maximum Gasteiger partial charge on any atom is 0.0637 e. The highest BCUT2D eigenvalue weighted by molar-refractivity contribution is 5.46. The van der Waals surface area contributed by atoms with Gasteiger partial charge in [0.2, 0.25) is 0 Å². The smallest absolute Gasteiger partial charge is 0.0637 e. The molecule has 0 unspecified atom stereocenters. The van der Waals surface area contributed by atoms with Gasteiger partial charge in [0, 0.05) is 32.9 Å². The molecule has 0 radical (unpaired) electrons. The fourth-order valence-electron chi connectivity index (χ4n) is 1.49.